The summed E-state index contributed by atoms with van der Waals surface area (Å²) in [5, 5.41) is 10.7. The maximum absolute atomic E-state index is 12.7. The van der Waals surface area contributed by atoms with Gasteiger partial charge < -0.3 is 10.0 Å². The van der Waals surface area contributed by atoms with Crippen LogP contribution < -0.4 is 0 Å². The Kier molecular flexibility index (Phi) is 5.40. The molecule has 22 heavy (non-hydrogen) atoms. The second kappa shape index (κ2) is 7.31. The number of rotatable bonds is 3. The lowest BCUT2D eigenvalue weighted by Crippen LogP contribution is -2.46. The van der Waals surface area contributed by atoms with E-state index in [0.29, 0.717) is 12.5 Å². The lowest BCUT2D eigenvalue weighted by molar-refractivity contribution is -0.138. The average Bonchev–Trinajstić information content (AvgIpc) is 2.92. The zero-order valence-electron chi connectivity index (χ0n) is 13.9. The van der Waals surface area contributed by atoms with Crippen molar-refractivity contribution in [2.75, 3.05) is 26.2 Å². The molecule has 1 atom stereocenters. The Balaban J connectivity index is 1.57. The Hall–Kier alpha value is -0.610. The Bertz CT molecular complexity index is 373. The number of nitrogens with zero attached hydrogens (tertiary/aromatic N) is 2. The predicted molar refractivity (Wildman–Crippen MR) is 87.7 cm³/mol. The highest BCUT2D eigenvalue weighted by atomic mass is 16.3. The molecule has 3 rings (SSSR count). The second-order valence-corrected chi connectivity index (χ2v) is 7.69. The van der Waals surface area contributed by atoms with Crippen LogP contribution in [-0.2, 0) is 4.79 Å². The summed E-state index contributed by atoms with van der Waals surface area (Å²) in [4.78, 5) is 17.4. The van der Waals surface area contributed by atoms with Gasteiger partial charge in [0, 0.05) is 19.1 Å². The van der Waals surface area contributed by atoms with Crippen molar-refractivity contribution in [1.82, 2.24) is 9.80 Å². The molecular weight excluding hydrogens is 276 g/mol. The molecule has 3 aliphatic rings. The Morgan fingerprint density at radius 3 is 2.36 bits per heavy atom. The summed E-state index contributed by atoms with van der Waals surface area (Å²) in [6.07, 6.45) is 11.5. The Labute approximate surface area is 134 Å². The molecule has 1 saturated carbocycles. The first kappa shape index (κ1) is 16.3. The van der Waals surface area contributed by atoms with Gasteiger partial charge >= 0.3 is 0 Å². The van der Waals surface area contributed by atoms with Crippen LogP contribution in [0, 0.1) is 0 Å². The van der Waals surface area contributed by atoms with Gasteiger partial charge in [0.05, 0.1) is 12.0 Å². The Morgan fingerprint density at radius 2 is 1.64 bits per heavy atom. The van der Waals surface area contributed by atoms with E-state index in [2.05, 4.69) is 9.80 Å². The van der Waals surface area contributed by atoms with Crippen LogP contribution in [0.25, 0.3) is 0 Å². The molecule has 2 saturated heterocycles. The van der Waals surface area contributed by atoms with Crippen LogP contribution in [0.3, 0.4) is 0 Å². The fraction of sp³-hybridized carbons (Fsp3) is 0.944. The summed E-state index contributed by atoms with van der Waals surface area (Å²) >= 11 is 0. The predicted octanol–water partition coefficient (Wildman–Crippen LogP) is 2.55. The standard InChI is InChI=1S/C18H32N2O2/c21-17(14-18(22)9-3-1-4-10-18)20-13-5-2-8-16(15-20)19-11-6-7-12-19/h16,22H,1-15H2. The Morgan fingerprint density at radius 1 is 0.955 bits per heavy atom. The van der Waals surface area contributed by atoms with Crippen LogP contribution in [0.1, 0.15) is 70.6 Å². The molecule has 0 bridgehead atoms. The third-order valence-electron chi connectivity index (χ3n) is 5.92. The van der Waals surface area contributed by atoms with Gasteiger partial charge in [-0.1, -0.05) is 25.7 Å². The average molecular weight is 308 g/mol. The zero-order valence-corrected chi connectivity index (χ0v) is 13.9. The van der Waals surface area contributed by atoms with Crippen LogP contribution >= 0.6 is 0 Å². The van der Waals surface area contributed by atoms with Gasteiger partial charge in [0.1, 0.15) is 0 Å². The first-order chi connectivity index (χ1) is 10.7. The summed E-state index contributed by atoms with van der Waals surface area (Å²) in [7, 11) is 0. The van der Waals surface area contributed by atoms with Crippen LogP contribution in [0.5, 0.6) is 0 Å². The molecule has 0 radical (unpaired) electrons. The van der Waals surface area contributed by atoms with E-state index >= 15 is 0 Å². The van der Waals surface area contributed by atoms with E-state index in [1.54, 1.807) is 0 Å². The van der Waals surface area contributed by atoms with E-state index in [0.717, 1.165) is 45.2 Å². The first-order valence-electron chi connectivity index (χ1n) is 9.41. The van der Waals surface area contributed by atoms with Crippen LogP contribution in [0.15, 0.2) is 0 Å². The van der Waals surface area contributed by atoms with E-state index in [-0.39, 0.29) is 5.91 Å². The van der Waals surface area contributed by atoms with Gasteiger partial charge in [-0.3, -0.25) is 9.69 Å². The highest BCUT2D eigenvalue weighted by molar-refractivity contribution is 5.77. The van der Waals surface area contributed by atoms with Gasteiger partial charge in [0.15, 0.2) is 0 Å². The lowest BCUT2D eigenvalue weighted by Gasteiger charge is -2.35. The van der Waals surface area contributed by atoms with Crippen molar-refractivity contribution in [2.45, 2.75) is 82.3 Å². The number of hydrogen-bond donors (Lipinski definition) is 1. The number of carbonyl (C=O) groups excluding carboxylic acids is 1. The molecule has 0 aromatic carbocycles. The molecule has 1 N–H and O–H groups in total. The minimum atomic E-state index is -0.717. The third-order valence-corrected chi connectivity index (χ3v) is 5.92. The molecule has 0 aromatic heterocycles. The van der Waals surface area contributed by atoms with E-state index in [9.17, 15) is 9.90 Å². The van der Waals surface area contributed by atoms with Gasteiger partial charge in [-0.2, -0.15) is 0 Å². The fourth-order valence-electron chi connectivity index (χ4n) is 4.53. The highest BCUT2D eigenvalue weighted by Crippen LogP contribution is 2.32. The van der Waals surface area contributed by atoms with E-state index in [4.69, 9.17) is 0 Å². The summed E-state index contributed by atoms with van der Waals surface area (Å²) in [5.74, 6) is 0.190. The van der Waals surface area contributed by atoms with Crippen LogP contribution in [-0.4, -0.2) is 58.6 Å². The van der Waals surface area contributed by atoms with Crippen molar-refractivity contribution in [3.8, 4) is 0 Å². The van der Waals surface area contributed by atoms with Crippen LogP contribution in [0.4, 0.5) is 0 Å². The number of likely N-dealkylation sites (tertiary alicyclic amines) is 2. The second-order valence-electron chi connectivity index (χ2n) is 7.69. The van der Waals surface area contributed by atoms with Crippen molar-refractivity contribution in [2.24, 2.45) is 0 Å². The van der Waals surface area contributed by atoms with Crippen molar-refractivity contribution in [3.05, 3.63) is 0 Å². The smallest absolute Gasteiger partial charge is 0.225 e. The molecule has 4 nitrogen and oxygen atoms in total. The van der Waals surface area contributed by atoms with Crippen molar-refractivity contribution in [1.29, 1.82) is 0 Å². The summed E-state index contributed by atoms with van der Waals surface area (Å²) < 4.78 is 0. The van der Waals surface area contributed by atoms with Crippen molar-refractivity contribution < 1.29 is 9.90 Å². The zero-order chi connectivity index (χ0) is 15.4. The topological polar surface area (TPSA) is 43.8 Å². The maximum Gasteiger partial charge on any atom is 0.225 e. The monoisotopic (exact) mass is 308 g/mol. The molecule has 1 amide bonds. The summed E-state index contributed by atoms with van der Waals surface area (Å²) in [5.41, 5.74) is -0.717. The van der Waals surface area contributed by atoms with Crippen molar-refractivity contribution >= 4 is 5.91 Å². The molecule has 1 aliphatic carbocycles. The fourth-order valence-corrected chi connectivity index (χ4v) is 4.53. The maximum atomic E-state index is 12.7. The van der Waals surface area contributed by atoms with E-state index in [1.165, 1.54) is 45.2 Å². The van der Waals surface area contributed by atoms with Gasteiger partial charge in [0.2, 0.25) is 5.91 Å². The molecular formula is C18H32N2O2. The summed E-state index contributed by atoms with van der Waals surface area (Å²) in [6.45, 7) is 4.18. The third kappa shape index (κ3) is 4.02. The highest BCUT2D eigenvalue weighted by Gasteiger charge is 2.35. The van der Waals surface area contributed by atoms with Crippen molar-refractivity contribution in [3.63, 3.8) is 0 Å². The summed E-state index contributed by atoms with van der Waals surface area (Å²) in [6, 6.07) is 0.551. The quantitative estimate of drug-likeness (QED) is 0.871. The van der Waals surface area contributed by atoms with Gasteiger partial charge in [0.25, 0.3) is 0 Å². The molecule has 1 unspecified atom stereocenters. The van der Waals surface area contributed by atoms with E-state index < -0.39 is 5.60 Å². The molecule has 2 aliphatic heterocycles. The molecule has 0 spiro atoms. The van der Waals surface area contributed by atoms with E-state index in [1.807, 2.05) is 0 Å². The number of aliphatic hydroxyl groups is 1. The number of hydrogen-bond acceptors (Lipinski definition) is 3. The molecule has 4 heteroatoms. The van der Waals surface area contributed by atoms with Crippen LogP contribution in [0.2, 0.25) is 0 Å². The largest absolute Gasteiger partial charge is 0.389 e. The number of amides is 1. The minimum absolute atomic E-state index is 0.190. The number of carbonyl (C=O) groups is 1. The van der Waals surface area contributed by atoms with Gasteiger partial charge in [-0.15, -0.1) is 0 Å². The molecule has 2 heterocycles. The SMILES string of the molecule is O=C(CC1(O)CCCCC1)N1CCCCC(N2CCCC2)C1. The van der Waals surface area contributed by atoms with Gasteiger partial charge in [-0.25, -0.2) is 0 Å². The normalized spacial score (nSPS) is 30.2. The minimum Gasteiger partial charge on any atom is -0.389 e. The molecule has 3 fully saturated rings. The van der Waals surface area contributed by atoms with Gasteiger partial charge in [-0.05, 0) is 51.6 Å². The lowest BCUT2D eigenvalue weighted by atomic mass is 9.82. The molecule has 126 valence electrons. The first-order valence-corrected chi connectivity index (χ1v) is 9.41. The molecule has 0 aromatic rings.